The Balaban J connectivity index is 1.37. The summed E-state index contributed by atoms with van der Waals surface area (Å²) in [5.74, 6) is -1.82. The van der Waals surface area contributed by atoms with Crippen LogP contribution in [0, 0.1) is 18.7 Å². The van der Waals surface area contributed by atoms with Crippen molar-refractivity contribution in [1.29, 1.82) is 0 Å². The molecule has 218 valence electrons. The highest BCUT2D eigenvalue weighted by Gasteiger charge is 2.28. The van der Waals surface area contributed by atoms with Crippen molar-refractivity contribution in [1.82, 2.24) is 14.9 Å². The monoisotopic (exact) mass is 568 g/mol. The maximum atomic E-state index is 15.4. The second-order valence-electron chi connectivity index (χ2n) is 10.9. The van der Waals surface area contributed by atoms with Gasteiger partial charge in [0.05, 0.1) is 17.1 Å². The molecule has 0 radical (unpaired) electrons. The summed E-state index contributed by atoms with van der Waals surface area (Å²) in [5.41, 5.74) is 8.07. The van der Waals surface area contributed by atoms with Crippen LogP contribution in [0.5, 0.6) is 0 Å². The van der Waals surface area contributed by atoms with Crippen LogP contribution in [0.3, 0.4) is 0 Å². The number of aromatic nitrogens is 2. The Morgan fingerprint density at radius 2 is 1.93 bits per heavy atom. The minimum atomic E-state index is -0.820. The number of benzene rings is 2. The van der Waals surface area contributed by atoms with Crippen LogP contribution in [0.2, 0.25) is 0 Å². The molecule has 0 spiro atoms. The smallest absolute Gasteiger partial charge is 0.308 e. The number of nitrogens with one attached hydrogen (secondary N) is 1. The van der Waals surface area contributed by atoms with E-state index in [0.717, 1.165) is 23.2 Å². The number of halogens is 1. The molecule has 0 aliphatic carbocycles. The topological polar surface area (TPSA) is 86.9 Å². The first-order valence-corrected chi connectivity index (χ1v) is 14.5. The molecule has 1 saturated heterocycles. The van der Waals surface area contributed by atoms with Crippen molar-refractivity contribution in [2.45, 2.75) is 47.0 Å². The van der Waals surface area contributed by atoms with Gasteiger partial charge in [-0.3, -0.25) is 9.59 Å². The second-order valence-corrected chi connectivity index (χ2v) is 10.9. The van der Waals surface area contributed by atoms with E-state index in [9.17, 15) is 14.7 Å². The Morgan fingerprint density at radius 3 is 2.62 bits per heavy atom. The predicted molar refractivity (Wildman–Crippen MR) is 164 cm³/mol. The summed E-state index contributed by atoms with van der Waals surface area (Å²) >= 11 is 0. The molecule has 2 aromatic carbocycles. The van der Waals surface area contributed by atoms with Crippen molar-refractivity contribution in [3.63, 3.8) is 0 Å². The largest absolute Gasteiger partial charge is 0.481 e. The van der Waals surface area contributed by atoms with Crippen molar-refractivity contribution in [2.24, 2.45) is 5.92 Å². The summed E-state index contributed by atoms with van der Waals surface area (Å²) < 4.78 is 17.2. The van der Waals surface area contributed by atoms with E-state index in [2.05, 4.69) is 30.4 Å². The number of carboxylic acid groups (broad SMARTS) is 1. The highest BCUT2D eigenvalue weighted by atomic mass is 19.1. The van der Waals surface area contributed by atoms with Crippen molar-refractivity contribution in [3.05, 3.63) is 94.4 Å². The summed E-state index contributed by atoms with van der Waals surface area (Å²) in [4.78, 5) is 26.6. The van der Waals surface area contributed by atoms with Crippen molar-refractivity contribution >= 4 is 28.7 Å². The fourth-order valence-electron chi connectivity index (χ4n) is 5.75. The van der Waals surface area contributed by atoms with Crippen LogP contribution in [0.4, 0.5) is 10.1 Å². The molecular formula is C34H37FN4O3. The minimum absolute atomic E-state index is 0.145. The minimum Gasteiger partial charge on any atom is -0.481 e. The van der Waals surface area contributed by atoms with Crippen LogP contribution < -0.4 is 10.2 Å². The van der Waals surface area contributed by atoms with Gasteiger partial charge in [0, 0.05) is 42.1 Å². The molecule has 5 rings (SSSR count). The number of pyridine rings is 1. The number of nitrogens with zero attached hydrogens (tertiary/aromatic N) is 3. The fraction of sp³-hybridized carbons (Fsp3) is 0.324. The van der Waals surface area contributed by atoms with E-state index in [4.69, 9.17) is 5.10 Å². The van der Waals surface area contributed by atoms with Gasteiger partial charge < -0.3 is 15.3 Å². The van der Waals surface area contributed by atoms with Gasteiger partial charge in [0.25, 0.3) is 5.91 Å². The molecule has 8 heteroatoms. The number of rotatable bonds is 9. The second kappa shape index (κ2) is 12.2. The third-order valence-corrected chi connectivity index (χ3v) is 8.37. The number of carbonyl (C=O) groups is 2. The van der Waals surface area contributed by atoms with Crippen LogP contribution in [-0.4, -0.2) is 46.2 Å². The lowest BCUT2D eigenvalue weighted by atomic mass is 9.98. The van der Waals surface area contributed by atoms with E-state index < -0.39 is 17.7 Å². The Labute approximate surface area is 245 Å². The van der Waals surface area contributed by atoms with Gasteiger partial charge in [0.1, 0.15) is 5.82 Å². The molecule has 0 saturated carbocycles. The van der Waals surface area contributed by atoms with Gasteiger partial charge >= 0.3 is 5.97 Å². The molecule has 1 aliphatic rings. The van der Waals surface area contributed by atoms with Gasteiger partial charge in [-0.25, -0.2) is 8.91 Å². The molecule has 1 amide bonds. The normalized spacial score (nSPS) is 15.4. The average molecular weight is 569 g/mol. The zero-order valence-electron chi connectivity index (χ0n) is 24.6. The maximum Gasteiger partial charge on any atom is 0.308 e. The Kier molecular flexibility index (Phi) is 8.43. The van der Waals surface area contributed by atoms with Crippen LogP contribution in [0.25, 0.3) is 22.3 Å². The van der Waals surface area contributed by atoms with Gasteiger partial charge in [-0.05, 0) is 92.6 Å². The third-order valence-electron chi connectivity index (χ3n) is 8.37. The number of aryl methyl sites for hydroxylation is 2. The molecule has 1 aliphatic heterocycles. The fourth-order valence-corrected chi connectivity index (χ4v) is 5.75. The van der Waals surface area contributed by atoms with Gasteiger partial charge in [-0.2, -0.15) is 5.10 Å². The van der Waals surface area contributed by atoms with E-state index in [-0.39, 0.29) is 5.91 Å². The van der Waals surface area contributed by atoms with E-state index >= 15 is 4.39 Å². The Hall–Kier alpha value is -4.46. The SMILES string of the molecule is C/C=C(/C)c1ccccc1CCNC(=O)c1cc(CC)n2nc(-c3ccc(N4CC[C@H](C(=O)O)C4)cc3F)cc2c1C. The zero-order valence-corrected chi connectivity index (χ0v) is 24.6. The lowest BCUT2D eigenvalue weighted by Crippen LogP contribution is -2.27. The first-order chi connectivity index (χ1) is 20.2. The number of carbonyl (C=O) groups excluding carboxylic acids is 1. The summed E-state index contributed by atoms with van der Waals surface area (Å²) in [5, 5.41) is 17.1. The maximum absolute atomic E-state index is 15.4. The first-order valence-electron chi connectivity index (χ1n) is 14.5. The van der Waals surface area contributed by atoms with E-state index in [1.165, 1.54) is 22.8 Å². The predicted octanol–water partition coefficient (Wildman–Crippen LogP) is 6.32. The summed E-state index contributed by atoms with van der Waals surface area (Å²) in [6, 6.07) is 16.9. The highest BCUT2D eigenvalue weighted by Crippen LogP contribution is 2.31. The lowest BCUT2D eigenvalue weighted by Gasteiger charge is -2.18. The third kappa shape index (κ3) is 5.66. The number of anilines is 1. The van der Waals surface area contributed by atoms with Crippen LogP contribution >= 0.6 is 0 Å². The van der Waals surface area contributed by atoms with Gasteiger partial charge in [0.15, 0.2) is 0 Å². The summed E-state index contributed by atoms with van der Waals surface area (Å²) in [6.45, 7) is 9.47. The van der Waals surface area contributed by atoms with Crippen molar-refractivity contribution in [2.75, 3.05) is 24.5 Å². The van der Waals surface area contributed by atoms with Crippen LogP contribution in [-0.2, 0) is 17.6 Å². The average Bonchev–Trinajstić information content (AvgIpc) is 3.66. The highest BCUT2D eigenvalue weighted by molar-refractivity contribution is 5.97. The number of fused-ring (bicyclic) bond motifs is 1. The molecule has 3 heterocycles. The lowest BCUT2D eigenvalue weighted by molar-refractivity contribution is -0.140. The summed E-state index contributed by atoms with van der Waals surface area (Å²) in [7, 11) is 0. The molecule has 4 aromatic rings. The molecule has 0 unspecified atom stereocenters. The number of hydrogen-bond acceptors (Lipinski definition) is 4. The Bertz CT molecular complexity index is 1690. The molecule has 1 fully saturated rings. The number of allylic oxidation sites excluding steroid dienone is 2. The molecule has 1 atom stereocenters. The first kappa shape index (κ1) is 29.0. The quantitative estimate of drug-likeness (QED) is 0.247. The summed E-state index contributed by atoms with van der Waals surface area (Å²) in [6.07, 6.45) is 4.00. The molecule has 2 N–H and O–H groups in total. The van der Waals surface area contributed by atoms with E-state index in [1.807, 2.05) is 56.0 Å². The Morgan fingerprint density at radius 1 is 1.14 bits per heavy atom. The van der Waals surface area contributed by atoms with Gasteiger partial charge in [-0.1, -0.05) is 37.3 Å². The number of aliphatic carboxylic acids is 1. The van der Waals surface area contributed by atoms with E-state index in [0.29, 0.717) is 55.0 Å². The molecule has 7 nitrogen and oxygen atoms in total. The van der Waals surface area contributed by atoms with Crippen molar-refractivity contribution in [3.8, 4) is 11.3 Å². The van der Waals surface area contributed by atoms with E-state index in [1.54, 1.807) is 10.6 Å². The molecule has 0 bridgehead atoms. The van der Waals surface area contributed by atoms with Crippen molar-refractivity contribution < 1.29 is 19.1 Å². The van der Waals surface area contributed by atoms with Crippen LogP contribution in [0.15, 0.2) is 60.7 Å². The number of carboxylic acids is 1. The standard InChI is InChI=1S/C34H37FN4O3/c1-5-21(3)27-10-8-7-9-23(27)13-15-36-33(40)29-17-25(6-2)39-32(22(29)4)19-31(37-39)28-12-11-26(18-30(28)35)38-16-14-24(20-38)34(41)42/h5,7-12,17-19,24H,6,13-16,20H2,1-4H3,(H,36,40)(H,41,42)/b21-5-/t24-/m0/s1. The number of amides is 1. The van der Waals surface area contributed by atoms with Crippen LogP contribution in [0.1, 0.15) is 59.9 Å². The van der Waals surface area contributed by atoms with Gasteiger partial charge in [0.2, 0.25) is 0 Å². The zero-order chi connectivity index (χ0) is 30.0. The van der Waals surface area contributed by atoms with Gasteiger partial charge in [-0.15, -0.1) is 0 Å². The number of hydrogen-bond donors (Lipinski definition) is 2. The molecule has 42 heavy (non-hydrogen) atoms. The molecule has 2 aromatic heterocycles. The molecular weight excluding hydrogens is 531 g/mol.